The maximum Gasteiger partial charge on any atom is 0.244 e. The first-order valence-corrected chi connectivity index (χ1v) is 11.3. The number of aromatic nitrogens is 3. The number of nitrogens with one attached hydrogen (secondary N) is 2. The Kier molecular flexibility index (Phi) is 8.08. The number of halogens is 1. The van der Waals surface area contributed by atoms with E-state index in [1.54, 1.807) is 23.8 Å². The van der Waals surface area contributed by atoms with Gasteiger partial charge in [-0.05, 0) is 48.7 Å². The minimum absolute atomic E-state index is 0.119. The Morgan fingerprint density at radius 2 is 1.91 bits per heavy atom. The first-order chi connectivity index (χ1) is 15.3. The van der Waals surface area contributed by atoms with Crippen molar-refractivity contribution in [2.45, 2.75) is 25.5 Å². The summed E-state index contributed by atoms with van der Waals surface area (Å²) in [5.41, 5.74) is 3.74. The van der Waals surface area contributed by atoms with Gasteiger partial charge in [-0.1, -0.05) is 53.7 Å². The second kappa shape index (κ2) is 11.0. The Balaban J connectivity index is 1.50. The molecule has 2 amide bonds. The van der Waals surface area contributed by atoms with Crippen molar-refractivity contribution in [3.05, 3.63) is 76.1 Å². The highest BCUT2D eigenvalue weighted by molar-refractivity contribution is 7.99. The van der Waals surface area contributed by atoms with E-state index in [0.29, 0.717) is 16.0 Å². The van der Waals surface area contributed by atoms with Gasteiger partial charge in [0.05, 0.1) is 12.3 Å². The van der Waals surface area contributed by atoms with E-state index < -0.39 is 0 Å². The molecule has 0 fully saturated rings. The first-order valence-electron chi connectivity index (χ1n) is 9.92. The molecular formula is C23H24ClN5O2S. The Hall–Kier alpha value is -3.10. The summed E-state index contributed by atoms with van der Waals surface area (Å²) in [5.74, 6) is 0.398. The Bertz CT molecular complexity index is 1160. The monoisotopic (exact) mass is 469 g/mol. The number of hydrogen-bond donors (Lipinski definition) is 2. The Morgan fingerprint density at radius 3 is 2.69 bits per heavy atom. The minimum Gasteiger partial charge on any atom is -0.345 e. The van der Waals surface area contributed by atoms with Gasteiger partial charge in [0.25, 0.3) is 0 Å². The highest BCUT2D eigenvalue weighted by Crippen LogP contribution is 2.20. The third-order valence-corrected chi connectivity index (χ3v) is 6.24. The zero-order chi connectivity index (χ0) is 23.1. The molecule has 2 N–H and O–H groups in total. The van der Waals surface area contributed by atoms with Gasteiger partial charge in [0.1, 0.15) is 0 Å². The third-order valence-electron chi connectivity index (χ3n) is 4.88. The van der Waals surface area contributed by atoms with Crippen LogP contribution in [0.15, 0.2) is 53.7 Å². The number of aryl methyl sites for hydroxylation is 1. The summed E-state index contributed by atoms with van der Waals surface area (Å²) in [6.07, 6.45) is 3.08. The number of benzene rings is 2. The quantitative estimate of drug-likeness (QED) is 0.382. The molecular weight excluding hydrogens is 446 g/mol. The SMILES string of the molecule is Cc1cccc(NC(=O)CSc2nnc(CNC(=O)/C=C/c3ccccc3Cl)n2C)c1C. The molecule has 166 valence electrons. The van der Waals surface area contributed by atoms with E-state index >= 15 is 0 Å². The topological polar surface area (TPSA) is 88.9 Å². The molecule has 1 heterocycles. The molecule has 0 aliphatic heterocycles. The molecule has 0 atom stereocenters. The number of amides is 2. The van der Waals surface area contributed by atoms with Crippen molar-refractivity contribution in [1.29, 1.82) is 0 Å². The van der Waals surface area contributed by atoms with E-state index in [9.17, 15) is 9.59 Å². The standard InChI is InChI=1S/C23H24ClN5O2S/c1-15-7-6-10-19(16(15)2)26-22(31)14-32-23-28-27-20(29(23)3)13-25-21(30)12-11-17-8-4-5-9-18(17)24/h4-12H,13-14H2,1-3H3,(H,25,30)(H,26,31)/b12-11+. The van der Waals surface area contributed by atoms with E-state index in [-0.39, 0.29) is 24.1 Å². The zero-order valence-electron chi connectivity index (χ0n) is 18.1. The van der Waals surface area contributed by atoms with Crippen LogP contribution in [0.5, 0.6) is 0 Å². The van der Waals surface area contributed by atoms with E-state index in [4.69, 9.17) is 11.6 Å². The predicted molar refractivity (Wildman–Crippen MR) is 129 cm³/mol. The molecule has 3 aromatic rings. The number of anilines is 1. The molecule has 0 aliphatic carbocycles. The summed E-state index contributed by atoms with van der Waals surface area (Å²) in [6, 6.07) is 13.1. The molecule has 0 radical (unpaired) electrons. The first kappa shape index (κ1) is 23.6. The average molecular weight is 470 g/mol. The zero-order valence-corrected chi connectivity index (χ0v) is 19.6. The molecule has 0 bridgehead atoms. The van der Waals surface area contributed by atoms with Crippen molar-refractivity contribution in [2.24, 2.45) is 7.05 Å². The van der Waals surface area contributed by atoms with Crippen LogP contribution in [0.3, 0.4) is 0 Å². The Morgan fingerprint density at radius 1 is 1.12 bits per heavy atom. The van der Waals surface area contributed by atoms with Crippen molar-refractivity contribution in [3.63, 3.8) is 0 Å². The summed E-state index contributed by atoms with van der Waals surface area (Å²) in [5, 5.41) is 15.1. The van der Waals surface area contributed by atoms with Crippen LogP contribution in [0.2, 0.25) is 5.02 Å². The fourth-order valence-electron chi connectivity index (χ4n) is 2.83. The fraction of sp³-hybridized carbons (Fsp3) is 0.217. The fourth-order valence-corrected chi connectivity index (χ4v) is 3.76. The lowest BCUT2D eigenvalue weighted by Gasteiger charge is -2.10. The summed E-state index contributed by atoms with van der Waals surface area (Å²) >= 11 is 7.37. The maximum atomic E-state index is 12.3. The van der Waals surface area contributed by atoms with E-state index in [0.717, 1.165) is 22.4 Å². The Labute approximate surface area is 196 Å². The normalized spacial score (nSPS) is 11.0. The number of carbonyl (C=O) groups is 2. The van der Waals surface area contributed by atoms with Crippen LogP contribution in [-0.2, 0) is 23.2 Å². The van der Waals surface area contributed by atoms with Gasteiger partial charge in [-0.3, -0.25) is 9.59 Å². The molecule has 32 heavy (non-hydrogen) atoms. The molecule has 0 spiro atoms. The predicted octanol–water partition coefficient (Wildman–Crippen LogP) is 4.15. The molecule has 1 aromatic heterocycles. The molecule has 2 aromatic carbocycles. The lowest BCUT2D eigenvalue weighted by molar-refractivity contribution is -0.116. The van der Waals surface area contributed by atoms with Crippen LogP contribution in [0.1, 0.15) is 22.5 Å². The van der Waals surface area contributed by atoms with Gasteiger partial charge in [0.2, 0.25) is 11.8 Å². The summed E-state index contributed by atoms with van der Waals surface area (Å²) in [4.78, 5) is 24.4. The van der Waals surface area contributed by atoms with Crippen molar-refractivity contribution in [3.8, 4) is 0 Å². The third kappa shape index (κ3) is 6.21. The smallest absolute Gasteiger partial charge is 0.244 e. The highest BCUT2D eigenvalue weighted by atomic mass is 35.5. The van der Waals surface area contributed by atoms with Gasteiger partial charge in [-0.25, -0.2) is 0 Å². The van der Waals surface area contributed by atoms with Crippen LogP contribution < -0.4 is 10.6 Å². The molecule has 9 heteroatoms. The van der Waals surface area contributed by atoms with Crippen LogP contribution >= 0.6 is 23.4 Å². The van der Waals surface area contributed by atoms with Crippen LogP contribution in [0.25, 0.3) is 6.08 Å². The van der Waals surface area contributed by atoms with Crippen LogP contribution in [0, 0.1) is 13.8 Å². The van der Waals surface area contributed by atoms with Crippen molar-refractivity contribution in [2.75, 3.05) is 11.1 Å². The lowest BCUT2D eigenvalue weighted by atomic mass is 10.1. The molecule has 7 nitrogen and oxygen atoms in total. The molecule has 0 saturated carbocycles. The van der Waals surface area contributed by atoms with E-state index in [1.165, 1.54) is 17.8 Å². The summed E-state index contributed by atoms with van der Waals surface area (Å²) in [7, 11) is 1.80. The van der Waals surface area contributed by atoms with Gasteiger partial charge in [0, 0.05) is 23.8 Å². The summed E-state index contributed by atoms with van der Waals surface area (Å²) < 4.78 is 1.76. The largest absolute Gasteiger partial charge is 0.345 e. The number of nitrogens with zero attached hydrogens (tertiary/aromatic N) is 3. The highest BCUT2D eigenvalue weighted by Gasteiger charge is 2.13. The van der Waals surface area contributed by atoms with E-state index in [2.05, 4.69) is 20.8 Å². The number of hydrogen-bond acceptors (Lipinski definition) is 5. The van der Waals surface area contributed by atoms with Crippen LogP contribution in [0.4, 0.5) is 5.69 Å². The average Bonchev–Trinajstić information content (AvgIpc) is 3.13. The van der Waals surface area contributed by atoms with Gasteiger partial charge in [-0.15, -0.1) is 10.2 Å². The second-order valence-corrected chi connectivity index (χ2v) is 8.46. The molecule has 3 rings (SSSR count). The lowest BCUT2D eigenvalue weighted by Crippen LogP contribution is -2.22. The molecule has 0 aliphatic rings. The number of rotatable bonds is 8. The number of carbonyl (C=O) groups excluding carboxylic acids is 2. The maximum absolute atomic E-state index is 12.3. The van der Waals surface area contributed by atoms with Gasteiger partial charge >= 0.3 is 0 Å². The minimum atomic E-state index is -0.268. The molecule has 0 unspecified atom stereocenters. The second-order valence-electron chi connectivity index (χ2n) is 7.11. The van der Waals surface area contributed by atoms with Crippen molar-refractivity contribution >= 4 is 46.9 Å². The van der Waals surface area contributed by atoms with E-state index in [1.807, 2.05) is 50.2 Å². The number of thioether (sulfide) groups is 1. The molecule has 0 saturated heterocycles. The van der Waals surface area contributed by atoms with Crippen LogP contribution in [-0.4, -0.2) is 32.3 Å². The van der Waals surface area contributed by atoms with Gasteiger partial charge in [0.15, 0.2) is 11.0 Å². The summed E-state index contributed by atoms with van der Waals surface area (Å²) in [6.45, 7) is 4.20. The van der Waals surface area contributed by atoms with Gasteiger partial charge in [-0.2, -0.15) is 0 Å². The van der Waals surface area contributed by atoms with Crippen molar-refractivity contribution in [1.82, 2.24) is 20.1 Å². The van der Waals surface area contributed by atoms with Crippen molar-refractivity contribution < 1.29 is 9.59 Å². The van der Waals surface area contributed by atoms with Gasteiger partial charge < -0.3 is 15.2 Å².